The van der Waals surface area contributed by atoms with E-state index in [4.69, 9.17) is 0 Å². The van der Waals surface area contributed by atoms with Crippen molar-refractivity contribution >= 4 is 21.6 Å². The molecule has 0 spiro atoms. The van der Waals surface area contributed by atoms with E-state index in [2.05, 4.69) is 21.2 Å². The Morgan fingerprint density at radius 2 is 2.22 bits per heavy atom. The first-order chi connectivity index (χ1) is 8.50. The van der Waals surface area contributed by atoms with Crippen molar-refractivity contribution in [1.29, 1.82) is 0 Å². The second-order valence-electron chi connectivity index (χ2n) is 4.71. The minimum absolute atomic E-state index is 0.0725. The Kier molecular flexibility index (Phi) is 3.99. The summed E-state index contributed by atoms with van der Waals surface area (Å²) in [7, 11) is 0. The summed E-state index contributed by atoms with van der Waals surface area (Å²) in [5, 5.41) is 23.7. The Hall–Kier alpha value is -0.980. The number of non-ortho nitro benzene ring substituents is 1. The molecule has 6 heteroatoms. The van der Waals surface area contributed by atoms with Gasteiger partial charge in [-0.3, -0.25) is 10.1 Å². The molecule has 0 amide bonds. The van der Waals surface area contributed by atoms with E-state index in [1.54, 1.807) is 6.07 Å². The molecule has 1 aromatic carbocycles. The molecule has 1 aromatic rings. The van der Waals surface area contributed by atoms with Gasteiger partial charge in [-0.15, -0.1) is 0 Å². The van der Waals surface area contributed by atoms with Gasteiger partial charge in [0.15, 0.2) is 0 Å². The molecule has 1 aliphatic carbocycles. The van der Waals surface area contributed by atoms with Crippen LogP contribution in [-0.4, -0.2) is 22.2 Å². The van der Waals surface area contributed by atoms with E-state index in [1.165, 1.54) is 12.1 Å². The Bertz CT molecular complexity index is 461. The summed E-state index contributed by atoms with van der Waals surface area (Å²) in [5.41, 5.74) is 0.472. The summed E-state index contributed by atoms with van der Waals surface area (Å²) in [6.07, 6.45) is 2.78. The van der Waals surface area contributed by atoms with Crippen molar-refractivity contribution in [1.82, 2.24) is 5.32 Å². The monoisotopic (exact) mass is 314 g/mol. The first kappa shape index (κ1) is 13.5. The number of hydrogen-bond acceptors (Lipinski definition) is 4. The fraction of sp³-hybridized carbons (Fsp3) is 0.500. The number of hydrogen-bond donors (Lipinski definition) is 2. The second kappa shape index (κ2) is 5.34. The van der Waals surface area contributed by atoms with Gasteiger partial charge in [0.1, 0.15) is 0 Å². The molecule has 2 N–H and O–H groups in total. The van der Waals surface area contributed by atoms with E-state index >= 15 is 0 Å². The van der Waals surface area contributed by atoms with E-state index in [0.717, 1.165) is 24.8 Å². The van der Waals surface area contributed by atoms with Crippen LogP contribution in [0.25, 0.3) is 0 Å². The molecule has 0 saturated heterocycles. The zero-order valence-corrected chi connectivity index (χ0v) is 11.4. The third kappa shape index (κ3) is 3.07. The summed E-state index contributed by atoms with van der Waals surface area (Å²) < 4.78 is 0.713. The average Bonchev–Trinajstić information content (AvgIpc) is 2.28. The number of halogens is 1. The highest BCUT2D eigenvalue weighted by Crippen LogP contribution is 2.31. The van der Waals surface area contributed by atoms with Gasteiger partial charge in [0.05, 0.1) is 10.5 Å². The summed E-state index contributed by atoms with van der Waals surface area (Å²) in [6, 6.07) is 4.70. The van der Waals surface area contributed by atoms with Gasteiger partial charge in [-0.25, -0.2) is 0 Å². The van der Waals surface area contributed by atoms with Crippen LogP contribution in [-0.2, 0) is 6.54 Å². The fourth-order valence-electron chi connectivity index (χ4n) is 1.98. The molecule has 98 valence electrons. The zero-order valence-electron chi connectivity index (χ0n) is 9.86. The number of benzene rings is 1. The molecule has 0 atom stereocenters. The number of nitrogens with zero attached hydrogens (tertiary/aromatic N) is 1. The number of rotatable bonds is 5. The third-order valence-corrected chi connectivity index (χ3v) is 4.04. The molecule has 0 unspecified atom stereocenters. The van der Waals surface area contributed by atoms with Crippen LogP contribution >= 0.6 is 15.9 Å². The third-order valence-electron chi connectivity index (χ3n) is 3.30. The molecule has 1 saturated carbocycles. The summed E-state index contributed by atoms with van der Waals surface area (Å²) >= 11 is 3.32. The van der Waals surface area contributed by atoms with Gasteiger partial charge in [-0.1, -0.05) is 15.9 Å². The highest BCUT2D eigenvalue weighted by atomic mass is 79.9. The van der Waals surface area contributed by atoms with Crippen LogP contribution in [0.5, 0.6) is 0 Å². The lowest BCUT2D eigenvalue weighted by Crippen LogP contribution is -2.46. The van der Waals surface area contributed by atoms with Crippen molar-refractivity contribution < 1.29 is 10.0 Å². The molecule has 0 aliphatic heterocycles. The first-order valence-corrected chi connectivity index (χ1v) is 6.65. The van der Waals surface area contributed by atoms with Crippen molar-refractivity contribution in [3.8, 4) is 0 Å². The maximum absolute atomic E-state index is 10.6. The van der Waals surface area contributed by atoms with Crippen LogP contribution in [0.1, 0.15) is 24.8 Å². The molecule has 0 aromatic heterocycles. The molecule has 1 aliphatic rings. The molecule has 0 heterocycles. The first-order valence-electron chi connectivity index (χ1n) is 5.86. The van der Waals surface area contributed by atoms with Gasteiger partial charge < -0.3 is 10.4 Å². The quantitative estimate of drug-likeness (QED) is 0.646. The van der Waals surface area contributed by atoms with Crippen LogP contribution in [0.4, 0.5) is 5.69 Å². The fourth-order valence-corrected chi connectivity index (χ4v) is 2.49. The van der Waals surface area contributed by atoms with E-state index < -0.39 is 10.5 Å². The molecular weight excluding hydrogens is 300 g/mol. The lowest BCUT2D eigenvalue weighted by Gasteiger charge is -2.36. The predicted molar refractivity (Wildman–Crippen MR) is 71.3 cm³/mol. The Labute approximate surface area is 113 Å². The van der Waals surface area contributed by atoms with Crippen LogP contribution in [0.3, 0.4) is 0 Å². The second-order valence-corrected chi connectivity index (χ2v) is 5.57. The van der Waals surface area contributed by atoms with Gasteiger partial charge in [-0.05, 0) is 30.9 Å². The van der Waals surface area contributed by atoms with Crippen LogP contribution in [0.15, 0.2) is 22.7 Å². The maximum Gasteiger partial charge on any atom is 0.270 e. The smallest absolute Gasteiger partial charge is 0.270 e. The predicted octanol–water partition coefficient (Wildman–Crippen LogP) is 2.36. The van der Waals surface area contributed by atoms with Gasteiger partial charge in [0.25, 0.3) is 5.69 Å². The number of nitrogens with one attached hydrogen (secondary N) is 1. The van der Waals surface area contributed by atoms with Crippen molar-refractivity contribution in [3.05, 3.63) is 38.3 Å². The largest absolute Gasteiger partial charge is 0.389 e. The Morgan fingerprint density at radius 3 is 2.72 bits per heavy atom. The topological polar surface area (TPSA) is 75.4 Å². The number of nitro groups is 1. The van der Waals surface area contributed by atoms with Crippen molar-refractivity contribution in [3.63, 3.8) is 0 Å². The highest BCUT2D eigenvalue weighted by molar-refractivity contribution is 9.10. The number of aliphatic hydroxyl groups is 1. The summed E-state index contributed by atoms with van der Waals surface area (Å²) in [4.78, 5) is 10.2. The van der Waals surface area contributed by atoms with Gasteiger partial charge in [0.2, 0.25) is 0 Å². The highest BCUT2D eigenvalue weighted by Gasteiger charge is 2.33. The molecule has 1 fully saturated rings. The van der Waals surface area contributed by atoms with E-state index in [0.29, 0.717) is 17.6 Å². The van der Waals surface area contributed by atoms with Gasteiger partial charge in [-0.2, -0.15) is 0 Å². The Balaban J connectivity index is 1.91. The molecule has 0 radical (unpaired) electrons. The number of nitro benzene ring substituents is 1. The molecule has 5 nitrogen and oxygen atoms in total. The zero-order chi connectivity index (χ0) is 13.2. The molecule has 0 bridgehead atoms. The molecule has 18 heavy (non-hydrogen) atoms. The van der Waals surface area contributed by atoms with Crippen molar-refractivity contribution in [2.24, 2.45) is 0 Å². The van der Waals surface area contributed by atoms with Crippen LogP contribution in [0, 0.1) is 10.1 Å². The molecular formula is C12H15BrN2O3. The van der Waals surface area contributed by atoms with E-state index in [-0.39, 0.29) is 5.69 Å². The SMILES string of the molecule is O=[N+]([O-])c1ccc(CNCC2(O)CCC2)c(Br)c1. The summed E-state index contributed by atoms with van der Waals surface area (Å²) in [6.45, 7) is 1.15. The van der Waals surface area contributed by atoms with Crippen molar-refractivity contribution in [2.45, 2.75) is 31.4 Å². The minimum atomic E-state index is -0.548. The van der Waals surface area contributed by atoms with Gasteiger partial charge >= 0.3 is 0 Å². The van der Waals surface area contributed by atoms with Crippen LogP contribution < -0.4 is 5.32 Å². The van der Waals surface area contributed by atoms with E-state index in [9.17, 15) is 15.2 Å². The molecule has 2 rings (SSSR count). The van der Waals surface area contributed by atoms with Gasteiger partial charge in [0, 0.05) is 29.7 Å². The van der Waals surface area contributed by atoms with E-state index in [1.807, 2.05) is 0 Å². The van der Waals surface area contributed by atoms with Crippen molar-refractivity contribution in [2.75, 3.05) is 6.54 Å². The van der Waals surface area contributed by atoms with Crippen LogP contribution in [0.2, 0.25) is 0 Å². The average molecular weight is 315 g/mol. The lowest BCUT2D eigenvalue weighted by molar-refractivity contribution is -0.384. The minimum Gasteiger partial charge on any atom is -0.389 e. The maximum atomic E-state index is 10.6. The normalized spacial score (nSPS) is 17.2. The summed E-state index contributed by atoms with van der Waals surface area (Å²) in [5.74, 6) is 0. The standard InChI is InChI=1S/C12H15BrN2O3/c13-11-6-10(15(17)18)3-2-9(11)7-14-8-12(16)4-1-5-12/h2-3,6,14,16H,1,4-5,7-8H2. The lowest BCUT2D eigenvalue weighted by atomic mass is 9.80. The Morgan fingerprint density at radius 1 is 1.50 bits per heavy atom.